The van der Waals surface area contributed by atoms with Crippen LogP contribution in [-0.2, 0) is 48.0 Å². The van der Waals surface area contributed by atoms with Crippen LogP contribution in [0, 0.1) is 22.7 Å². The minimum absolute atomic E-state index is 0.0117. The van der Waals surface area contributed by atoms with Gasteiger partial charge in [-0.25, -0.2) is 10.2 Å². The molecule has 354 valence electrons. The molecule has 8 rings (SSSR count). The topological polar surface area (TPSA) is 167 Å². The van der Waals surface area contributed by atoms with Crippen LogP contribution < -0.4 is 16.1 Å². The lowest BCUT2D eigenvalue weighted by Gasteiger charge is -2.41. The highest BCUT2D eigenvalue weighted by atomic mass is 16.5. The van der Waals surface area contributed by atoms with E-state index in [4.69, 9.17) is 14.5 Å². The molecule has 14 nitrogen and oxygen atoms in total. The van der Waals surface area contributed by atoms with Crippen molar-refractivity contribution in [2.75, 3.05) is 40.4 Å². The van der Waals surface area contributed by atoms with Crippen LogP contribution in [-0.4, -0.2) is 106 Å². The molecular weight excluding hydrogens is 835 g/mol. The second-order valence-corrected chi connectivity index (χ2v) is 20.7. The van der Waals surface area contributed by atoms with Gasteiger partial charge in [-0.05, 0) is 142 Å². The fourth-order valence-electron chi connectivity index (χ4n) is 11.1. The number of aromatic nitrogens is 2. The SMILES string of the molecule is CCn1c(-c2cccnc2[C@H](C)OC)c2c3cc(ccc31)-c1cc(O)cc(c1)C[C@H](NC(=O)[C@H](C(C)C)N(C)C(=O)C1CC13CCNCC3)C(=O)N1CCC[C@@](C)(N1)C(=O)OCC(C)(C)C2. The van der Waals surface area contributed by atoms with Crippen LogP contribution in [0.3, 0.4) is 0 Å². The number of amides is 3. The molecule has 0 radical (unpaired) electrons. The molecule has 1 aliphatic carbocycles. The Kier molecular flexibility index (Phi) is 13.2. The molecule has 3 fully saturated rings. The van der Waals surface area contributed by atoms with Crippen LogP contribution in [0.5, 0.6) is 5.75 Å². The maximum absolute atomic E-state index is 14.9. The Balaban J connectivity index is 1.22. The number of carbonyl (C=O) groups excluding carboxylic acids is 4. The standard InChI is InChI=1S/C52H69N7O7/c1-10-58-42-15-14-34-27-38(42)39(45(58)37-13-11-19-54-43(37)32(4)65-9)28-50(5,6)30-66-49(64)51(7)16-12-22-59(56-51)48(63)41(25-33-23-35(34)26-36(60)24-33)55-46(61)44(31(2)3)57(8)47(62)40-29-52(40)17-20-53-21-18-52/h11,13-15,19,23-24,26-27,31-32,40-41,44,53,56,60H,10,12,16-18,20-22,25,28-30H2,1-9H3,(H,55,61)/t32-,40?,41-,44-,51+/m0/s1. The maximum atomic E-state index is 14.9. The average molecular weight is 904 g/mol. The van der Waals surface area contributed by atoms with E-state index in [1.54, 1.807) is 44.3 Å². The van der Waals surface area contributed by atoms with Crippen molar-refractivity contribution in [1.29, 1.82) is 0 Å². The van der Waals surface area contributed by atoms with Crippen LogP contribution in [0.25, 0.3) is 33.3 Å². The highest BCUT2D eigenvalue weighted by molar-refractivity contribution is 5.96. The minimum Gasteiger partial charge on any atom is -0.508 e. The predicted octanol–water partition coefficient (Wildman–Crippen LogP) is 6.71. The molecular formula is C52H69N7O7. The summed E-state index contributed by atoms with van der Waals surface area (Å²) < 4.78 is 14.4. The van der Waals surface area contributed by atoms with E-state index >= 15 is 0 Å². The molecule has 3 aliphatic heterocycles. The number of phenols is 1. The van der Waals surface area contributed by atoms with Crippen LogP contribution in [0.2, 0.25) is 0 Å². The van der Waals surface area contributed by atoms with E-state index in [1.807, 2.05) is 39.0 Å². The van der Waals surface area contributed by atoms with Crippen LogP contribution in [0.15, 0.2) is 54.7 Å². The summed E-state index contributed by atoms with van der Waals surface area (Å²) in [4.78, 5) is 64.2. The van der Waals surface area contributed by atoms with E-state index in [1.165, 1.54) is 5.01 Å². The summed E-state index contributed by atoms with van der Waals surface area (Å²) >= 11 is 0. The van der Waals surface area contributed by atoms with Crippen molar-refractivity contribution in [3.63, 3.8) is 0 Å². The zero-order valence-corrected chi connectivity index (χ0v) is 40.3. The van der Waals surface area contributed by atoms with Crippen molar-refractivity contribution >= 4 is 34.6 Å². The molecule has 5 heterocycles. The minimum atomic E-state index is -1.23. The maximum Gasteiger partial charge on any atom is 0.327 e. The first kappa shape index (κ1) is 47.2. The van der Waals surface area contributed by atoms with Gasteiger partial charge < -0.3 is 34.7 Å². The third-order valence-corrected chi connectivity index (χ3v) is 14.8. The number of methoxy groups -OCH3 is 1. The summed E-state index contributed by atoms with van der Waals surface area (Å²) in [6, 6.07) is 13.7. The molecule has 1 spiro atoms. The Morgan fingerprint density at radius 1 is 1.05 bits per heavy atom. The van der Waals surface area contributed by atoms with Crippen molar-refractivity contribution in [2.45, 2.75) is 124 Å². The number of nitrogens with zero attached hydrogens (tertiary/aromatic N) is 4. The first-order valence-electron chi connectivity index (χ1n) is 23.9. The summed E-state index contributed by atoms with van der Waals surface area (Å²) in [7, 11) is 3.38. The number of ether oxygens (including phenoxy) is 2. The number of aromatic hydroxyl groups is 1. The van der Waals surface area contributed by atoms with Crippen molar-refractivity contribution in [3.8, 4) is 28.1 Å². The van der Waals surface area contributed by atoms with Crippen LogP contribution in [0.1, 0.15) is 103 Å². The van der Waals surface area contributed by atoms with E-state index in [9.17, 15) is 24.3 Å². The largest absolute Gasteiger partial charge is 0.508 e. The van der Waals surface area contributed by atoms with Gasteiger partial charge >= 0.3 is 5.97 Å². The lowest BCUT2D eigenvalue weighted by Crippen LogP contribution is -2.66. The van der Waals surface area contributed by atoms with Gasteiger partial charge in [0.2, 0.25) is 11.8 Å². The molecule has 1 saturated carbocycles. The number of fused-ring (bicyclic) bond motifs is 6. The molecule has 4 N–H and O–H groups in total. The second-order valence-electron chi connectivity index (χ2n) is 20.7. The first-order chi connectivity index (χ1) is 31.4. The van der Waals surface area contributed by atoms with Gasteiger partial charge in [0.25, 0.3) is 5.91 Å². The van der Waals surface area contributed by atoms with Crippen LogP contribution in [0.4, 0.5) is 0 Å². The summed E-state index contributed by atoms with van der Waals surface area (Å²) in [5, 5.41) is 20.3. The van der Waals surface area contributed by atoms with Gasteiger partial charge in [0.05, 0.1) is 24.1 Å². The third-order valence-electron chi connectivity index (χ3n) is 14.8. The van der Waals surface area contributed by atoms with Gasteiger partial charge in [-0.2, -0.15) is 0 Å². The molecule has 2 aromatic carbocycles. The van der Waals surface area contributed by atoms with Gasteiger partial charge in [0.1, 0.15) is 23.4 Å². The number of esters is 1. The van der Waals surface area contributed by atoms with Gasteiger partial charge in [-0.3, -0.25) is 24.4 Å². The summed E-state index contributed by atoms with van der Waals surface area (Å²) in [6.45, 7) is 16.7. The predicted molar refractivity (Wildman–Crippen MR) is 254 cm³/mol. The van der Waals surface area contributed by atoms with E-state index < -0.39 is 40.8 Å². The summed E-state index contributed by atoms with van der Waals surface area (Å²) in [6.07, 6.45) is 5.75. The molecule has 6 bridgehead atoms. The molecule has 2 saturated heterocycles. The van der Waals surface area contributed by atoms with Crippen molar-refractivity contribution < 1.29 is 33.8 Å². The number of hydrazine groups is 1. The number of piperidine rings is 1. The number of nitrogens with one attached hydrogen (secondary N) is 3. The number of hydrogen-bond acceptors (Lipinski definition) is 10. The third kappa shape index (κ3) is 9.08. The Hall–Kier alpha value is -5.31. The van der Waals surface area contributed by atoms with Gasteiger partial charge in [-0.15, -0.1) is 0 Å². The second kappa shape index (κ2) is 18.4. The van der Waals surface area contributed by atoms with Crippen molar-refractivity contribution in [1.82, 2.24) is 35.5 Å². The molecule has 5 atom stereocenters. The fourth-order valence-corrected chi connectivity index (χ4v) is 11.1. The number of likely N-dealkylation sites (N-methyl/N-ethyl adjacent to an activating group) is 1. The van der Waals surface area contributed by atoms with Gasteiger partial charge in [0.15, 0.2) is 0 Å². The lowest BCUT2D eigenvalue weighted by atomic mass is 9.84. The van der Waals surface area contributed by atoms with E-state index in [2.05, 4.69) is 59.6 Å². The molecule has 4 aromatic rings. The number of aryl methyl sites for hydroxylation is 1. The molecule has 14 heteroatoms. The first-order valence-corrected chi connectivity index (χ1v) is 23.9. The Labute approximate surface area is 389 Å². The smallest absolute Gasteiger partial charge is 0.327 e. The van der Waals surface area contributed by atoms with Gasteiger partial charge in [-0.1, -0.05) is 39.8 Å². The van der Waals surface area contributed by atoms with Crippen molar-refractivity contribution in [3.05, 3.63) is 71.5 Å². The Morgan fingerprint density at radius 3 is 2.52 bits per heavy atom. The highest BCUT2D eigenvalue weighted by Gasteiger charge is 2.59. The molecule has 2 aromatic heterocycles. The number of rotatable bonds is 9. The highest BCUT2D eigenvalue weighted by Crippen LogP contribution is 2.59. The quantitative estimate of drug-likeness (QED) is 0.133. The number of hydrogen-bond donors (Lipinski definition) is 4. The zero-order valence-electron chi connectivity index (χ0n) is 40.3. The van der Waals surface area contributed by atoms with Gasteiger partial charge in [0, 0.05) is 67.7 Å². The normalized spacial score (nSPS) is 23.8. The molecule has 3 amide bonds. The number of phenolic OH excluding ortho intramolecular Hbond substituents is 1. The molecule has 66 heavy (non-hydrogen) atoms. The van der Waals surface area contributed by atoms with Crippen molar-refractivity contribution in [2.24, 2.45) is 22.7 Å². The average Bonchev–Trinajstić information content (AvgIpc) is 3.89. The molecule has 1 unspecified atom stereocenters. The zero-order chi connectivity index (χ0) is 47.3. The number of benzene rings is 2. The number of cyclic esters (lactones) is 1. The number of carbonyl (C=O) groups is 4. The van der Waals surface area contributed by atoms with Crippen LogP contribution >= 0.6 is 0 Å². The monoisotopic (exact) mass is 904 g/mol. The summed E-state index contributed by atoms with van der Waals surface area (Å²) in [5.74, 6) is -1.74. The Bertz CT molecular complexity index is 2510. The van der Waals surface area contributed by atoms with E-state index in [-0.39, 0.29) is 48.0 Å². The van der Waals surface area contributed by atoms with E-state index in [0.29, 0.717) is 37.9 Å². The van der Waals surface area contributed by atoms with E-state index in [0.717, 1.165) is 76.9 Å². The molecule has 4 aliphatic rings. The number of pyridine rings is 1. The Morgan fingerprint density at radius 2 is 1.80 bits per heavy atom. The lowest BCUT2D eigenvalue weighted by molar-refractivity contribution is -0.162. The fraction of sp³-hybridized carbons (Fsp3) is 0.558. The summed E-state index contributed by atoms with van der Waals surface area (Å²) in [5.41, 5.74) is 8.57.